The van der Waals surface area contributed by atoms with Crippen LogP contribution in [0, 0.1) is 0 Å². The third-order valence-electron chi connectivity index (χ3n) is 3.89. The number of aliphatic carboxylic acids is 1. The molecule has 0 aromatic heterocycles. The van der Waals surface area contributed by atoms with E-state index >= 15 is 0 Å². The number of nitrogens with zero attached hydrogens (tertiary/aromatic N) is 1. The monoisotopic (exact) mass is 344 g/mol. The van der Waals surface area contributed by atoms with E-state index in [1.54, 1.807) is 12.1 Å². The van der Waals surface area contributed by atoms with Gasteiger partial charge in [-0.05, 0) is 37.6 Å². The Bertz CT molecular complexity index is 574. The molecule has 1 amide bonds. The van der Waals surface area contributed by atoms with Crippen LogP contribution in [0.25, 0.3) is 0 Å². The van der Waals surface area contributed by atoms with Crippen LogP contribution in [0.2, 0.25) is 10.0 Å². The van der Waals surface area contributed by atoms with E-state index in [0.717, 1.165) is 12.8 Å². The molecule has 7 heteroatoms. The van der Waals surface area contributed by atoms with Crippen LogP contribution < -0.4 is 5.32 Å². The van der Waals surface area contributed by atoms with Crippen molar-refractivity contribution in [2.75, 3.05) is 13.1 Å². The average Bonchev–Trinajstić information content (AvgIpc) is 2.42. The topological polar surface area (TPSA) is 69.6 Å². The number of carbonyl (C=O) groups is 2. The first-order chi connectivity index (χ1) is 10.4. The molecule has 0 atom stereocenters. The van der Waals surface area contributed by atoms with Crippen molar-refractivity contribution in [1.82, 2.24) is 10.2 Å². The minimum atomic E-state index is -0.829. The van der Waals surface area contributed by atoms with Crippen LogP contribution in [-0.2, 0) is 4.79 Å². The molecule has 1 saturated carbocycles. The lowest BCUT2D eigenvalue weighted by Crippen LogP contribution is -2.54. The number of halogens is 2. The van der Waals surface area contributed by atoms with E-state index in [0.29, 0.717) is 22.2 Å². The summed E-state index contributed by atoms with van der Waals surface area (Å²) in [5.74, 6) is -1.02. The van der Waals surface area contributed by atoms with Crippen LogP contribution in [0.4, 0.5) is 0 Å². The summed E-state index contributed by atoms with van der Waals surface area (Å²) in [4.78, 5) is 24.8. The lowest BCUT2D eigenvalue weighted by Gasteiger charge is -2.42. The highest BCUT2D eigenvalue weighted by molar-refractivity contribution is 6.42. The number of hydrogen-bond donors (Lipinski definition) is 2. The maximum atomic E-state index is 12.1. The molecule has 0 saturated heterocycles. The second-order valence-corrected chi connectivity index (χ2v) is 6.20. The summed E-state index contributed by atoms with van der Waals surface area (Å²) in [5.41, 5.74) is 0.468. The van der Waals surface area contributed by atoms with Crippen LogP contribution in [0.1, 0.15) is 30.1 Å². The van der Waals surface area contributed by atoms with Gasteiger partial charge in [-0.25, -0.2) is 0 Å². The first kappa shape index (κ1) is 17.1. The Labute approximate surface area is 139 Å². The molecule has 5 nitrogen and oxygen atoms in total. The van der Waals surface area contributed by atoms with Crippen molar-refractivity contribution in [3.63, 3.8) is 0 Å². The highest BCUT2D eigenvalue weighted by Gasteiger charge is 2.34. The summed E-state index contributed by atoms with van der Waals surface area (Å²) in [6, 6.07) is 5.03. The van der Waals surface area contributed by atoms with Crippen LogP contribution in [-0.4, -0.2) is 47.1 Å². The van der Waals surface area contributed by atoms with Gasteiger partial charge >= 0.3 is 5.97 Å². The summed E-state index contributed by atoms with van der Waals surface area (Å²) in [7, 11) is 0. The fourth-order valence-electron chi connectivity index (χ4n) is 2.58. The molecule has 1 aromatic rings. The zero-order valence-corrected chi connectivity index (χ0v) is 13.7. The number of carbonyl (C=O) groups excluding carboxylic acids is 1. The molecule has 1 fully saturated rings. The lowest BCUT2D eigenvalue weighted by atomic mass is 9.85. The molecule has 2 rings (SSSR count). The number of carboxylic acids is 1. The molecule has 0 aliphatic heterocycles. The van der Waals surface area contributed by atoms with E-state index in [2.05, 4.69) is 5.32 Å². The van der Waals surface area contributed by atoms with E-state index in [1.807, 2.05) is 11.8 Å². The summed E-state index contributed by atoms with van der Waals surface area (Å²) < 4.78 is 0. The Morgan fingerprint density at radius 1 is 1.32 bits per heavy atom. The van der Waals surface area contributed by atoms with Gasteiger partial charge in [0.1, 0.15) is 0 Å². The van der Waals surface area contributed by atoms with Crippen LogP contribution in [0.5, 0.6) is 0 Å². The van der Waals surface area contributed by atoms with Crippen molar-refractivity contribution in [1.29, 1.82) is 0 Å². The Hall–Kier alpha value is -1.30. The molecular weight excluding hydrogens is 327 g/mol. The Morgan fingerprint density at radius 2 is 2.00 bits per heavy atom. The van der Waals surface area contributed by atoms with Crippen LogP contribution in [0.3, 0.4) is 0 Å². The average molecular weight is 345 g/mol. The largest absolute Gasteiger partial charge is 0.480 e. The highest BCUT2D eigenvalue weighted by atomic mass is 35.5. The number of rotatable bonds is 6. The van der Waals surface area contributed by atoms with Gasteiger partial charge in [0.25, 0.3) is 5.91 Å². The van der Waals surface area contributed by atoms with E-state index in [1.165, 1.54) is 6.07 Å². The summed E-state index contributed by atoms with van der Waals surface area (Å²) >= 11 is 11.7. The molecule has 0 radical (unpaired) electrons. The molecule has 2 N–H and O–H groups in total. The number of likely N-dealkylation sites (N-methyl/N-ethyl adjacent to an activating group) is 1. The van der Waals surface area contributed by atoms with Crippen molar-refractivity contribution >= 4 is 35.1 Å². The molecule has 1 aromatic carbocycles. The zero-order chi connectivity index (χ0) is 16.3. The molecule has 0 unspecified atom stereocenters. The molecule has 0 bridgehead atoms. The summed E-state index contributed by atoms with van der Waals surface area (Å²) in [6.07, 6.45) is 1.52. The van der Waals surface area contributed by atoms with Crippen LogP contribution in [0.15, 0.2) is 18.2 Å². The van der Waals surface area contributed by atoms with E-state index in [9.17, 15) is 9.59 Å². The van der Waals surface area contributed by atoms with Gasteiger partial charge in [-0.15, -0.1) is 0 Å². The van der Waals surface area contributed by atoms with Gasteiger partial charge < -0.3 is 10.4 Å². The second-order valence-electron chi connectivity index (χ2n) is 5.38. The van der Waals surface area contributed by atoms with E-state index in [4.69, 9.17) is 28.3 Å². The van der Waals surface area contributed by atoms with Crippen molar-refractivity contribution in [3.05, 3.63) is 33.8 Å². The number of hydrogen-bond acceptors (Lipinski definition) is 3. The maximum Gasteiger partial charge on any atom is 0.317 e. The quantitative estimate of drug-likeness (QED) is 0.832. The fourth-order valence-corrected chi connectivity index (χ4v) is 2.88. The van der Waals surface area contributed by atoms with Crippen molar-refractivity contribution < 1.29 is 14.7 Å². The van der Waals surface area contributed by atoms with Crippen molar-refractivity contribution in [2.24, 2.45) is 0 Å². The SMILES string of the molecule is CCN(CC(=O)O)C1CC(NC(=O)c2ccc(Cl)c(Cl)c2)C1. The first-order valence-corrected chi connectivity index (χ1v) is 7.88. The smallest absolute Gasteiger partial charge is 0.317 e. The predicted molar refractivity (Wildman–Crippen MR) is 85.6 cm³/mol. The van der Waals surface area contributed by atoms with Gasteiger partial charge in [0.2, 0.25) is 0 Å². The summed E-state index contributed by atoms with van der Waals surface area (Å²) in [5, 5.41) is 12.5. The molecule has 0 heterocycles. The van der Waals surface area contributed by atoms with Gasteiger partial charge in [0, 0.05) is 17.6 Å². The minimum Gasteiger partial charge on any atom is -0.480 e. The zero-order valence-electron chi connectivity index (χ0n) is 12.2. The van der Waals surface area contributed by atoms with E-state index < -0.39 is 5.97 Å². The number of nitrogens with one attached hydrogen (secondary N) is 1. The maximum absolute atomic E-state index is 12.1. The summed E-state index contributed by atoms with van der Waals surface area (Å²) in [6.45, 7) is 2.66. The standard InChI is InChI=1S/C15H18Cl2N2O3/c1-2-19(8-14(20)21)11-6-10(7-11)18-15(22)9-3-4-12(16)13(17)5-9/h3-5,10-11H,2,6-8H2,1H3,(H,18,22)(H,20,21). The third kappa shape index (κ3) is 4.12. The highest BCUT2D eigenvalue weighted by Crippen LogP contribution is 2.27. The van der Waals surface area contributed by atoms with Crippen molar-refractivity contribution in [3.8, 4) is 0 Å². The molecule has 22 heavy (non-hydrogen) atoms. The van der Waals surface area contributed by atoms with Gasteiger partial charge in [-0.2, -0.15) is 0 Å². The second kappa shape index (κ2) is 7.31. The molecule has 120 valence electrons. The minimum absolute atomic E-state index is 0.0363. The Kier molecular flexibility index (Phi) is 5.67. The van der Waals surface area contributed by atoms with E-state index in [-0.39, 0.29) is 24.5 Å². The molecule has 1 aliphatic carbocycles. The molecular formula is C15H18Cl2N2O3. The normalized spacial score (nSPS) is 20.5. The Balaban J connectivity index is 1.85. The molecule has 0 spiro atoms. The van der Waals surface area contributed by atoms with Crippen LogP contribution >= 0.6 is 23.2 Å². The lowest BCUT2D eigenvalue weighted by molar-refractivity contribution is -0.139. The molecule has 1 aliphatic rings. The Morgan fingerprint density at radius 3 is 2.55 bits per heavy atom. The van der Waals surface area contributed by atoms with Gasteiger partial charge in [0.05, 0.1) is 16.6 Å². The predicted octanol–water partition coefficient (Wildman–Crippen LogP) is 2.66. The fraction of sp³-hybridized carbons (Fsp3) is 0.467. The third-order valence-corrected chi connectivity index (χ3v) is 4.63. The van der Waals surface area contributed by atoms with Gasteiger partial charge in [-0.1, -0.05) is 30.1 Å². The van der Waals surface area contributed by atoms with Gasteiger partial charge in [-0.3, -0.25) is 14.5 Å². The van der Waals surface area contributed by atoms with Gasteiger partial charge in [0.15, 0.2) is 0 Å². The number of amides is 1. The first-order valence-electron chi connectivity index (χ1n) is 7.12. The number of benzene rings is 1. The van der Waals surface area contributed by atoms with Crippen molar-refractivity contribution in [2.45, 2.75) is 31.8 Å². The number of carboxylic acid groups (broad SMARTS) is 1.